The molecule has 5 nitrogen and oxygen atoms in total. The Kier molecular flexibility index (Phi) is 4.62. The molecule has 1 heterocycles. The van der Waals surface area contributed by atoms with E-state index < -0.39 is 17.7 Å². The Morgan fingerprint density at radius 1 is 1.39 bits per heavy atom. The SMILES string of the molecule is CCOC(=O)C(=O)C1CN(C(C)(C)C)CCC1=O. The van der Waals surface area contributed by atoms with E-state index in [4.69, 9.17) is 0 Å². The highest BCUT2D eigenvalue weighted by atomic mass is 16.5. The lowest BCUT2D eigenvalue weighted by atomic mass is 9.89. The van der Waals surface area contributed by atoms with Crippen LogP contribution in [0, 0.1) is 5.92 Å². The van der Waals surface area contributed by atoms with Gasteiger partial charge in [-0.3, -0.25) is 14.5 Å². The molecule has 102 valence electrons. The van der Waals surface area contributed by atoms with Gasteiger partial charge in [-0.1, -0.05) is 0 Å². The van der Waals surface area contributed by atoms with Crippen molar-refractivity contribution in [1.29, 1.82) is 0 Å². The van der Waals surface area contributed by atoms with Crippen molar-refractivity contribution in [3.05, 3.63) is 0 Å². The number of hydrogen-bond donors (Lipinski definition) is 0. The van der Waals surface area contributed by atoms with Crippen molar-refractivity contribution in [2.75, 3.05) is 19.7 Å². The van der Waals surface area contributed by atoms with Crippen LogP contribution >= 0.6 is 0 Å². The zero-order valence-electron chi connectivity index (χ0n) is 11.5. The Labute approximate surface area is 107 Å². The van der Waals surface area contributed by atoms with E-state index in [1.54, 1.807) is 6.92 Å². The summed E-state index contributed by atoms with van der Waals surface area (Å²) in [5, 5.41) is 0. The summed E-state index contributed by atoms with van der Waals surface area (Å²) in [4.78, 5) is 37.1. The second kappa shape index (κ2) is 5.61. The van der Waals surface area contributed by atoms with E-state index in [0.717, 1.165) is 0 Å². The standard InChI is InChI=1S/C13H21NO4/c1-5-18-12(17)11(16)9-8-14(13(2,3)4)7-6-10(9)15/h9H,5-8H2,1-4H3. The van der Waals surface area contributed by atoms with Crippen LogP contribution in [0.4, 0.5) is 0 Å². The highest BCUT2D eigenvalue weighted by Crippen LogP contribution is 2.22. The van der Waals surface area contributed by atoms with Crippen molar-refractivity contribution >= 4 is 17.5 Å². The minimum atomic E-state index is -0.897. The lowest BCUT2D eigenvalue weighted by molar-refractivity contribution is -0.158. The number of carbonyl (C=O) groups excluding carboxylic acids is 3. The first-order valence-electron chi connectivity index (χ1n) is 6.26. The van der Waals surface area contributed by atoms with Gasteiger partial charge in [-0.2, -0.15) is 0 Å². The summed E-state index contributed by atoms with van der Waals surface area (Å²) < 4.78 is 4.67. The van der Waals surface area contributed by atoms with Crippen molar-refractivity contribution in [3.63, 3.8) is 0 Å². The second-order valence-electron chi connectivity index (χ2n) is 5.47. The molecule has 1 aliphatic heterocycles. The lowest BCUT2D eigenvalue weighted by Gasteiger charge is -2.40. The van der Waals surface area contributed by atoms with Gasteiger partial charge in [-0.25, -0.2) is 4.79 Å². The van der Waals surface area contributed by atoms with Crippen molar-refractivity contribution in [3.8, 4) is 0 Å². The summed E-state index contributed by atoms with van der Waals surface area (Å²) in [7, 11) is 0. The van der Waals surface area contributed by atoms with Gasteiger partial charge >= 0.3 is 5.97 Å². The van der Waals surface area contributed by atoms with Crippen molar-refractivity contribution in [2.24, 2.45) is 5.92 Å². The number of rotatable bonds is 3. The largest absolute Gasteiger partial charge is 0.460 e. The summed E-state index contributed by atoms with van der Waals surface area (Å²) in [6, 6.07) is 0. The van der Waals surface area contributed by atoms with Gasteiger partial charge in [0, 0.05) is 25.0 Å². The predicted molar refractivity (Wildman–Crippen MR) is 66.1 cm³/mol. The number of likely N-dealkylation sites (tertiary alicyclic amines) is 1. The molecule has 1 aliphatic rings. The molecule has 0 aromatic rings. The molecule has 1 atom stereocenters. The smallest absolute Gasteiger partial charge is 0.375 e. The molecule has 0 N–H and O–H groups in total. The van der Waals surface area contributed by atoms with Gasteiger partial charge in [0.1, 0.15) is 11.7 Å². The third-order valence-electron chi connectivity index (χ3n) is 3.16. The van der Waals surface area contributed by atoms with Gasteiger partial charge in [0.25, 0.3) is 5.78 Å². The zero-order chi connectivity index (χ0) is 13.9. The molecule has 0 saturated carbocycles. The van der Waals surface area contributed by atoms with Crippen LogP contribution in [0.25, 0.3) is 0 Å². The molecule has 1 rings (SSSR count). The van der Waals surface area contributed by atoms with Crippen LogP contribution in [0.15, 0.2) is 0 Å². The number of piperidine rings is 1. The fourth-order valence-corrected chi connectivity index (χ4v) is 2.02. The molecule has 5 heteroatoms. The van der Waals surface area contributed by atoms with Crippen LogP contribution < -0.4 is 0 Å². The quantitative estimate of drug-likeness (QED) is 0.424. The molecular weight excluding hydrogens is 234 g/mol. The average molecular weight is 255 g/mol. The number of ketones is 2. The minimum Gasteiger partial charge on any atom is -0.460 e. The van der Waals surface area contributed by atoms with Crippen LogP contribution in [-0.4, -0.2) is 47.7 Å². The van der Waals surface area contributed by atoms with E-state index >= 15 is 0 Å². The summed E-state index contributed by atoms with van der Waals surface area (Å²) in [5.74, 6) is -2.63. The maximum atomic E-state index is 11.8. The molecule has 1 unspecified atom stereocenters. The number of hydrogen-bond acceptors (Lipinski definition) is 5. The van der Waals surface area contributed by atoms with E-state index in [2.05, 4.69) is 9.64 Å². The number of Topliss-reactive ketones (excluding diaryl/α,β-unsaturated/α-hetero) is 2. The van der Waals surface area contributed by atoms with Crippen LogP contribution in [0.3, 0.4) is 0 Å². The number of carbonyl (C=O) groups is 3. The third-order valence-corrected chi connectivity index (χ3v) is 3.16. The molecule has 0 aliphatic carbocycles. The second-order valence-corrected chi connectivity index (χ2v) is 5.47. The van der Waals surface area contributed by atoms with Crippen molar-refractivity contribution in [1.82, 2.24) is 4.90 Å². The molecule has 0 bridgehead atoms. The summed E-state index contributed by atoms with van der Waals surface area (Å²) in [5.41, 5.74) is -0.117. The van der Waals surface area contributed by atoms with Gasteiger partial charge < -0.3 is 4.74 Å². The molecule has 0 amide bonds. The van der Waals surface area contributed by atoms with Crippen LogP contribution in [0.5, 0.6) is 0 Å². The topological polar surface area (TPSA) is 63.7 Å². The van der Waals surface area contributed by atoms with E-state index in [1.165, 1.54) is 0 Å². The molecule has 0 aromatic carbocycles. The molecule has 18 heavy (non-hydrogen) atoms. The van der Waals surface area contributed by atoms with Crippen molar-refractivity contribution in [2.45, 2.75) is 39.7 Å². The maximum absolute atomic E-state index is 11.8. The summed E-state index contributed by atoms with van der Waals surface area (Å²) in [6.07, 6.45) is 0.313. The summed E-state index contributed by atoms with van der Waals surface area (Å²) in [6.45, 7) is 8.79. The molecule has 0 spiro atoms. The number of ether oxygens (including phenoxy) is 1. The molecular formula is C13H21NO4. The number of esters is 1. The predicted octanol–water partition coefficient (Wildman–Crippen LogP) is 0.808. The highest BCUT2D eigenvalue weighted by Gasteiger charge is 2.39. The van der Waals surface area contributed by atoms with Crippen LogP contribution in [-0.2, 0) is 19.1 Å². The minimum absolute atomic E-state index is 0.117. The van der Waals surface area contributed by atoms with Gasteiger partial charge in [0.2, 0.25) is 0 Å². The first-order valence-corrected chi connectivity index (χ1v) is 6.26. The van der Waals surface area contributed by atoms with E-state index in [9.17, 15) is 14.4 Å². The maximum Gasteiger partial charge on any atom is 0.375 e. The zero-order valence-corrected chi connectivity index (χ0v) is 11.5. The Balaban J connectivity index is 2.77. The Hall–Kier alpha value is -1.23. The molecule has 1 fully saturated rings. The van der Waals surface area contributed by atoms with Crippen LogP contribution in [0.2, 0.25) is 0 Å². The fraction of sp³-hybridized carbons (Fsp3) is 0.769. The van der Waals surface area contributed by atoms with E-state index in [1.807, 2.05) is 20.8 Å². The van der Waals surface area contributed by atoms with E-state index in [-0.39, 0.29) is 17.9 Å². The Morgan fingerprint density at radius 2 is 2.00 bits per heavy atom. The van der Waals surface area contributed by atoms with Gasteiger partial charge in [-0.05, 0) is 27.7 Å². The fourth-order valence-electron chi connectivity index (χ4n) is 2.02. The molecule has 1 saturated heterocycles. The Morgan fingerprint density at radius 3 is 2.50 bits per heavy atom. The lowest BCUT2D eigenvalue weighted by Crippen LogP contribution is -2.53. The van der Waals surface area contributed by atoms with Gasteiger partial charge in [-0.15, -0.1) is 0 Å². The van der Waals surface area contributed by atoms with E-state index in [0.29, 0.717) is 19.5 Å². The first-order chi connectivity index (χ1) is 8.27. The van der Waals surface area contributed by atoms with Gasteiger partial charge in [0.15, 0.2) is 0 Å². The monoisotopic (exact) mass is 255 g/mol. The number of nitrogens with zero attached hydrogens (tertiary/aromatic N) is 1. The first kappa shape index (κ1) is 14.8. The third kappa shape index (κ3) is 3.38. The van der Waals surface area contributed by atoms with Crippen molar-refractivity contribution < 1.29 is 19.1 Å². The van der Waals surface area contributed by atoms with Gasteiger partial charge in [0.05, 0.1) is 6.61 Å². The molecule has 0 aromatic heterocycles. The molecule has 0 radical (unpaired) electrons. The Bertz CT molecular complexity index is 356. The normalized spacial score (nSPS) is 21.8. The highest BCUT2D eigenvalue weighted by molar-refractivity contribution is 6.38. The van der Waals surface area contributed by atoms with Crippen LogP contribution in [0.1, 0.15) is 34.1 Å². The average Bonchev–Trinajstić information content (AvgIpc) is 2.27. The summed E-state index contributed by atoms with van der Waals surface area (Å²) >= 11 is 0.